The number of nitrogens with one attached hydrogen (secondary N) is 2. The number of aromatic nitrogens is 1. The fraction of sp³-hybridized carbons (Fsp3) is 0.350. The Morgan fingerprint density at radius 3 is 2.62 bits per heavy atom. The number of nitrogens with zero attached hydrogens (tertiary/aromatic N) is 1. The van der Waals surface area contributed by atoms with Gasteiger partial charge >= 0.3 is 0 Å². The second-order valence-electron chi connectivity index (χ2n) is 6.57. The molecule has 0 spiro atoms. The molecule has 1 aromatic carbocycles. The van der Waals surface area contributed by atoms with Gasteiger partial charge in [-0.15, -0.1) is 0 Å². The summed E-state index contributed by atoms with van der Waals surface area (Å²) >= 11 is 6.06. The minimum atomic E-state index is -0.366. The van der Waals surface area contributed by atoms with E-state index in [4.69, 9.17) is 11.6 Å². The zero-order chi connectivity index (χ0) is 18.4. The quantitative estimate of drug-likeness (QED) is 0.823. The molecule has 5 nitrogen and oxygen atoms in total. The van der Waals surface area contributed by atoms with Crippen LogP contribution in [0.3, 0.4) is 0 Å². The first-order chi connectivity index (χ1) is 12.6. The minimum absolute atomic E-state index is 0.227. The van der Waals surface area contributed by atoms with E-state index in [2.05, 4.69) is 15.6 Å². The molecule has 1 aliphatic rings. The highest BCUT2D eigenvalue weighted by atomic mass is 35.5. The lowest BCUT2D eigenvalue weighted by molar-refractivity contribution is 0.0944. The number of amides is 2. The summed E-state index contributed by atoms with van der Waals surface area (Å²) in [6.07, 6.45) is 7.58. The molecule has 2 aromatic rings. The van der Waals surface area contributed by atoms with Crippen molar-refractivity contribution in [3.8, 4) is 0 Å². The van der Waals surface area contributed by atoms with Crippen LogP contribution in [-0.2, 0) is 0 Å². The molecule has 0 aliphatic heterocycles. The van der Waals surface area contributed by atoms with Crippen LogP contribution < -0.4 is 10.6 Å². The maximum absolute atomic E-state index is 12.6. The number of halogens is 1. The third kappa shape index (κ3) is 4.82. The summed E-state index contributed by atoms with van der Waals surface area (Å²) in [5.74, 6) is -0.0675. The van der Waals surface area contributed by atoms with Crippen LogP contribution in [0.15, 0.2) is 42.6 Å². The van der Waals surface area contributed by atoms with Gasteiger partial charge < -0.3 is 10.6 Å². The number of pyridine rings is 1. The number of carbonyl (C=O) groups is 2. The molecule has 26 heavy (non-hydrogen) atoms. The Hall–Kier alpha value is -2.40. The molecule has 1 aromatic heterocycles. The van der Waals surface area contributed by atoms with Gasteiger partial charge in [0.25, 0.3) is 11.8 Å². The van der Waals surface area contributed by atoms with E-state index in [1.54, 1.807) is 42.6 Å². The molecular weight excluding hydrogens is 350 g/mol. The molecule has 0 saturated heterocycles. The molecule has 0 radical (unpaired) electrons. The maximum Gasteiger partial charge on any atom is 0.274 e. The highest BCUT2D eigenvalue weighted by Gasteiger charge is 2.18. The molecule has 0 atom stereocenters. The fourth-order valence-corrected chi connectivity index (χ4v) is 3.39. The van der Waals surface area contributed by atoms with Crippen molar-refractivity contribution in [3.05, 3.63) is 58.9 Å². The average molecular weight is 372 g/mol. The van der Waals surface area contributed by atoms with Crippen molar-refractivity contribution >= 4 is 29.1 Å². The molecule has 3 rings (SSSR count). The zero-order valence-corrected chi connectivity index (χ0v) is 15.3. The molecule has 136 valence electrons. The Labute approximate surface area is 158 Å². The van der Waals surface area contributed by atoms with Gasteiger partial charge in [0.2, 0.25) is 0 Å². The number of carbonyl (C=O) groups excluding carboxylic acids is 2. The van der Waals surface area contributed by atoms with Crippen LogP contribution in [0.25, 0.3) is 0 Å². The Bertz CT molecular complexity index is 774. The van der Waals surface area contributed by atoms with Gasteiger partial charge in [-0.25, -0.2) is 0 Å². The van der Waals surface area contributed by atoms with Gasteiger partial charge in [0.15, 0.2) is 0 Å². The fourth-order valence-electron chi connectivity index (χ4n) is 3.22. The molecule has 0 unspecified atom stereocenters. The Morgan fingerprint density at radius 1 is 1.08 bits per heavy atom. The van der Waals surface area contributed by atoms with Gasteiger partial charge in [-0.3, -0.25) is 14.6 Å². The number of hydrogen-bond donors (Lipinski definition) is 2. The predicted octanol–water partition coefficient (Wildman–Crippen LogP) is 4.30. The van der Waals surface area contributed by atoms with Crippen molar-refractivity contribution in [3.63, 3.8) is 0 Å². The smallest absolute Gasteiger partial charge is 0.274 e. The lowest BCUT2D eigenvalue weighted by Gasteiger charge is -2.22. The summed E-state index contributed by atoms with van der Waals surface area (Å²) in [5.41, 5.74) is 1.07. The van der Waals surface area contributed by atoms with E-state index in [1.807, 2.05) is 0 Å². The van der Waals surface area contributed by atoms with Gasteiger partial charge in [0, 0.05) is 17.8 Å². The van der Waals surface area contributed by atoms with E-state index in [0.29, 0.717) is 28.7 Å². The van der Waals surface area contributed by atoms with Crippen molar-refractivity contribution in [2.75, 3.05) is 11.9 Å². The van der Waals surface area contributed by atoms with Crippen LogP contribution in [-0.4, -0.2) is 23.3 Å². The van der Waals surface area contributed by atoms with Crippen molar-refractivity contribution < 1.29 is 9.59 Å². The molecule has 2 amide bonds. The molecule has 1 fully saturated rings. The first-order valence-electron chi connectivity index (χ1n) is 8.93. The summed E-state index contributed by atoms with van der Waals surface area (Å²) in [7, 11) is 0. The minimum Gasteiger partial charge on any atom is -0.352 e. The lowest BCUT2D eigenvalue weighted by Crippen LogP contribution is -2.31. The Balaban J connectivity index is 1.70. The maximum atomic E-state index is 12.6. The SMILES string of the molecule is O=C(Nc1ccc(Cl)cc1C(=O)NCC1CCCCC1)c1ccccn1. The van der Waals surface area contributed by atoms with E-state index in [1.165, 1.54) is 19.3 Å². The van der Waals surface area contributed by atoms with E-state index >= 15 is 0 Å². The molecular formula is C20H22ClN3O2. The largest absolute Gasteiger partial charge is 0.352 e. The molecule has 1 saturated carbocycles. The Morgan fingerprint density at radius 2 is 1.88 bits per heavy atom. The first-order valence-corrected chi connectivity index (χ1v) is 9.31. The van der Waals surface area contributed by atoms with E-state index in [0.717, 1.165) is 12.8 Å². The third-order valence-corrected chi connectivity index (χ3v) is 4.88. The normalized spacial score (nSPS) is 14.7. The van der Waals surface area contributed by atoms with Crippen LogP contribution in [0, 0.1) is 5.92 Å². The van der Waals surface area contributed by atoms with Crippen LogP contribution in [0.4, 0.5) is 5.69 Å². The second-order valence-corrected chi connectivity index (χ2v) is 7.01. The van der Waals surface area contributed by atoms with Crippen LogP contribution in [0.2, 0.25) is 5.02 Å². The van der Waals surface area contributed by atoms with Crippen molar-refractivity contribution in [1.29, 1.82) is 0 Å². The summed E-state index contributed by atoms with van der Waals surface area (Å²) in [6, 6.07) is 9.96. The Kier molecular flexibility index (Phi) is 6.23. The van der Waals surface area contributed by atoms with Gasteiger partial charge in [-0.1, -0.05) is 36.9 Å². The summed E-state index contributed by atoms with van der Waals surface area (Å²) in [4.78, 5) is 29.0. The van der Waals surface area contributed by atoms with Gasteiger partial charge in [-0.05, 0) is 49.1 Å². The summed E-state index contributed by atoms with van der Waals surface area (Å²) in [5, 5.41) is 6.18. The third-order valence-electron chi connectivity index (χ3n) is 4.65. The van der Waals surface area contributed by atoms with Crippen LogP contribution in [0.5, 0.6) is 0 Å². The van der Waals surface area contributed by atoms with E-state index in [9.17, 15) is 9.59 Å². The first kappa shape index (κ1) is 18.4. The van der Waals surface area contributed by atoms with Crippen molar-refractivity contribution in [2.45, 2.75) is 32.1 Å². The zero-order valence-electron chi connectivity index (χ0n) is 14.5. The number of anilines is 1. The molecule has 1 aliphatic carbocycles. The van der Waals surface area contributed by atoms with Crippen LogP contribution in [0.1, 0.15) is 53.0 Å². The predicted molar refractivity (Wildman–Crippen MR) is 103 cm³/mol. The van der Waals surface area contributed by atoms with Crippen molar-refractivity contribution in [2.24, 2.45) is 5.92 Å². The lowest BCUT2D eigenvalue weighted by atomic mass is 9.89. The second kappa shape index (κ2) is 8.81. The molecule has 2 N–H and O–H groups in total. The summed E-state index contributed by atoms with van der Waals surface area (Å²) in [6.45, 7) is 0.652. The summed E-state index contributed by atoms with van der Waals surface area (Å²) < 4.78 is 0. The van der Waals surface area contributed by atoms with Gasteiger partial charge in [-0.2, -0.15) is 0 Å². The van der Waals surface area contributed by atoms with Crippen LogP contribution >= 0.6 is 11.6 Å². The topological polar surface area (TPSA) is 71.1 Å². The van der Waals surface area contributed by atoms with Crippen molar-refractivity contribution in [1.82, 2.24) is 10.3 Å². The number of benzene rings is 1. The number of rotatable bonds is 5. The highest BCUT2D eigenvalue weighted by Crippen LogP contribution is 2.24. The average Bonchev–Trinajstić information content (AvgIpc) is 2.69. The molecule has 6 heteroatoms. The van der Waals surface area contributed by atoms with E-state index < -0.39 is 0 Å². The van der Waals surface area contributed by atoms with E-state index in [-0.39, 0.29) is 17.5 Å². The molecule has 1 heterocycles. The monoisotopic (exact) mass is 371 g/mol. The number of hydrogen-bond acceptors (Lipinski definition) is 3. The molecule has 0 bridgehead atoms. The van der Waals surface area contributed by atoms with Gasteiger partial charge in [0.05, 0.1) is 11.3 Å². The van der Waals surface area contributed by atoms with Gasteiger partial charge in [0.1, 0.15) is 5.69 Å². The highest BCUT2D eigenvalue weighted by molar-refractivity contribution is 6.31. The standard InChI is InChI=1S/C20H22ClN3O2/c21-15-9-10-17(24-20(26)18-8-4-5-11-22-18)16(12-15)19(25)23-13-14-6-2-1-3-7-14/h4-5,8-12,14H,1-3,6-7,13H2,(H,23,25)(H,24,26).